The normalized spacial score (nSPS) is 19.4. The summed E-state index contributed by atoms with van der Waals surface area (Å²) in [5.41, 5.74) is 0.710. The van der Waals surface area contributed by atoms with Gasteiger partial charge in [-0.1, -0.05) is 30.8 Å². The number of ketones is 1. The van der Waals surface area contributed by atoms with Crippen molar-refractivity contribution in [1.82, 2.24) is 15.3 Å². The number of hydrogen-bond acceptors (Lipinski definition) is 6. The molecule has 2 aliphatic rings. The van der Waals surface area contributed by atoms with Gasteiger partial charge >= 0.3 is 0 Å². The summed E-state index contributed by atoms with van der Waals surface area (Å²) in [6, 6.07) is 0. The van der Waals surface area contributed by atoms with Gasteiger partial charge in [-0.05, 0) is 23.5 Å². The molecule has 0 saturated heterocycles. The minimum atomic E-state index is -0.638. The molecule has 134 valence electrons. The van der Waals surface area contributed by atoms with Crippen LogP contribution >= 0.6 is 11.8 Å². The number of carbonyl (C=O) groups excluding carboxylic acids is 3. The second-order valence-corrected chi connectivity index (χ2v) is 6.53. The van der Waals surface area contributed by atoms with Crippen molar-refractivity contribution < 1.29 is 19.6 Å². The Morgan fingerprint density at radius 2 is 2.32 bits per heavy atom. The molecular formula is C17H21N3O4S. The molecule has 2 rings (SSSR count). The van der Waals surface area contributed by atoms with E-state index in [2.05, 4.69) is 5.32 Å². The van der Waals surface area contributed by atoms with Crippen LogP contribution in [0.2, 0.25) is 0 Å². The Labute approximate surface area is 150 Å². The van der Waals surface area contributed by atoms with Crippen molar-refractivity contribution in [2.45, 2.75) is 13.3 Å². The number of hydrogen-bond donors (Lipinski definition) is 2. The SMILES string of the molecule is CCCNC(=O)CN1C=CSC(C2=CC=CC(=O)C2CN(O)C=O)=C1. The van der Waals surface area contributed by atoms with Crippen LogP contribution < -0.4 is 5.32 Å². The maximum absolute atomic E-state index is 12.2. The fourth-order valence-corrected chi connectivity index (χ4v) is 3.34. The van der Waals surface area contributed by atoms with Crippen molar-refractivity contribution in [3.8, 4) is 0 Å². The van der Waals surface area contributed by atoms with E-state index < -0.39 is 5.92 Å². The van der Waals surface area contributed by atoms with Gasteiger partial charge < -0.3 is 10.2 Å². The highest BCUT2D eigenvalue weighted by Crippen LogP contribution is 2.35. The van der Waals surface area contributed by atoms with Gasteiger partial charge in [0.05, 0.1) is 12.5 Å². The molecule has 0 spiro atoms. The van der Waals surface area contributed by atoms with Gasteiger partial charge in [-0.25, -0.2) is 5.06 Å². The Morgan fingerprint density at radius 1 is 1.52 bits per heavy atom. The highest BCUT2D eigenvalue weighted by Gasteiger charge is 2.28. The molecule has 0 bridgehead atoms. The first kappa shape index (κ1) is 19.0. The van der Waals surface area contributed by atoms with Gasteiger partial charge in [0.15, 0.2) is 5.78 Å². The summed E-state index contributed by atoms with van der Waals surface area (Å²) < 4.78 is 0. The Kier molecular flexibility index (Phi) is 7.03. The Balaban J connectivity index is 2.12. The van der Waals surface area contributed by atoms with Crippen molar-refractivity contribution in [3.05, 3.63) is 46.5 Å². The second-order valence-electron chi connectivity index (χ2n) is 5.58. The lowest BCUT2D eigenvalue weighted by Gasteiger charge is -2.27. The van der Waals surface area contributed by atoms with Crippen molar-refractivity contribution in [2.75, 3.05) is 19.6 Å². The van der Waals surface area contributed by atoms with E-state index >= 15 is 0 Å². The molecule has 1 atom stereocenters. The molecule has 0 saturated carbocycles. The number of carbonyl (C=O) groups is 3. The van der Waals surface area contributed by atoms with E-state index in [1.54, 1.807) is 29.5 Å². The predicted octanol–water partition coefficient (Wildman–Crippen LogP) is 1.40. The van der Waals surface area contributed by atoms with E-state index in [-0.39, 0.29) is 31.2 Å². The number of amides is 2. The monoisotopic (exact) mass is 363 g/mol. The number of thioether (sulfide) groups is 1. The molecule has 1 unspecified atom stereocenters. The van der Waals surface area contributed by atoms with Gasteiger partial charge in [0.25, 0.3) is 0 Å². The molecule has 0 aromatic carbocycles. The maximum atomic E-state index is 12.2. The molecule has 0 aromatic rings. The van der Waals surface area contributed by atoms with Crippen LogP contribution in [0.25, 0.3) is 0 Å². The molecule has 0 fully saturated rings. The molecule has 25 heavy (non-hydrogen) atoms. The van der Waals surface area contributed by atoms with Crippen LogP contribution in [-0.4, -0.2) is 52.9 Å². The van der Waals surface area contributed by atoms with E-state index in [1.165, 1.54) is 17.8 Å². The molecule has 0 aromatic heterocycles. The van der Waals surface area contributed by atoms with Gasteiger partial charge in [-0.2, -0.15) is 0 Å². The standard InChI is InChI=1S/C17H21N3O4S/c1-2-6-18-17(23)11-19-7-8-25-16(10-19)13-4-3-5-15(22)14(13)9-20(24)12-21/h3-5,7-8,10,12,14,24H,2,6,9,11H2,1H3,(H,18,23). The minimum absolute atomic E-state index is 0.0818. The first-order chi connectivity index (χ1) is 12.0. The van der Waals surface area contributed by atoms with Crippen LogP contribution in [0.15, 0.2) is 46.5 Å². The zero-order chi connectivity index (χ0) is 18.2. The molecule has 2 N–H and O–H groups in total. The number of allylic oxidation sites excluding steroid dienone is 4. The first-order valence-electron chi connectivity index (χ1n) is 7.96. The third-order valence-corrected chi connectivity index (χ3v) is 4.51. The lowest BCUT2D eigenvalue weighted by Crippen LogP contribution is -2.34. The average molecular weight is 363 g/mol. The van der Waals surface area contributed by atoms with Crippen molar-refractivity contribution in [2.24, 2.45) is 5.92 Å². The highest BCUT2D eigenvalue weighted by molar-refractivity contribution is 8.06. The smallest absolute Gasteiger partial charge is 0.239 e. The van der Waals surface area contributed by atoms with Crippen LogP contribution in [0, 0.1) is 5.92 Å². The molecule has 1 aliphatic carbocycles. The average Bonchev–Trinajstić information content (AvgIpc) is 2.61. The van der Waals surface area contributed by atoms with Crippen molar-refractivity contribution in [3.63, 3.8) is 0 Å². The lowest BCUT2D eigenvalue weighted by molar-refractivity contribution is -0.152. The van der Waals surface area contributed by atoms with Crippen LogP contribution in [0.4, 0.5) is 0 Å². The molecule has 1 aliphatic heterocycles. The van der Waals surface area contributed by atoms with Crippen LogP contribution in [0.5, 0.6) is 0 Å². The van der Waals surface area contributed by atoms with Crippen LogP contribution in [0.3, 0.4) is 0 Å². The van der Waals surface area contributed by atoms with Crippen molar-refractivity contribution >= 4 is 29.9 Å². The Hall–Kier alpha value is -2.32. The summed E-state index contributed by atoms with van der Waals surface area (Å²) in [5, 5.41) is 14.6. The molecule has 0 radical (unpaired) electrons. The first-order valence-corrected chi connectivity index (χ1v) is 8.84. The number of nitrogens with zero attached hydrogens (tertiary/aromatic N) is 2. The topological polar surface area (TPSA) is 90.0 Å². The van der Waals surface area contributed by atoms with E-state index in [4.69, 9.17) is 0 Å². The predicted molar refractivity (Wildman–Crippen MR) is 95.1 cm³/mol. The van der Waals surface area contributed by atoms with Crippen LogP contribution in [-0.2, 0) is 14.4 Å². The Morgan fingerprint density at radius 3 is 3.04 bits per heavy atom. The third kappa shape index (κ3) is 5.33. The molecule has 1 heterocycles. The van der Waals surface area contributed by atoms with Gasteiger partial charge in [0, 0.05) is 23.8 Å². The van der Waals surface area contributed by atoms with E-state index in [0.717, 1.165) is 11.3 Å². The molecular weight excluding hydrogens is 342 g/mol. The summed E-state index contributed by atoms with van der Waals surface area (Å²) in [4.78, 5) is 37.2. The molecule has 7 nitrogen and oxygen atoms in total. The van der Waals surface area contributed by atoms with E-state index in [0.29, 0.717) is 17.2 Å². The zero-order valence-corrected chi connectivity index (χ0v) is 14.7. The lowest BCUT2D eigenvalue weighted by atomic mass is 9.90. The summed E-state index contributed by atoms with van der Waals surface area (Å²) in [5.74, 6) is -0.899. The second kappa shape index (κ2) is 9.24. The largest absolute Gasteiger partial charge is 0.355 e. The van der Waals surface area contributed by atoms with Gasteiger partial charge in [-0.3, -0.25) is 19.6 Å². The Bertz CT molecular complexity index is 654. The molecule has 8 heteroatoms. The van der Waals surface area contributed by atoms with Crippen molar-refractivity contribution in [1.29, 1.82) is 0 Å². The summed E-state index contributed by atoms with van der Waals surface area (Å²) in [6.45, 7) is 2.69. The highest BCUT2D eigenvalue weighted by atomic mass is 32.2. The fourth-order valence-electron chi connectivity index (χ4n) is 2.44. The summed E-state index contributed by atoms with van der Waals surface area (Å²) in [7, 11) is 0. The van der Waals surface area contributed by atoms with Crippen LogP contribution in [0.1, 0.15) is 13.3 Å². The maximum Gasteiger partial charge on any atom is 0.239 e. The van der Waals surface area contributed by atoms with Gasteiger partial charge in [0.1, 0.15) is 6.54 Å². The van der Waals surface area contributed by atoms with E-state index in [9.17, 15) is 19.6 Å². The van der Waals surface area contributed by atoms with Gasteiger partial charge in [-0.15, -0.1) is 0 Å². The number of rotatable bonds is 8. The summed E-state index contributed by atoms with van der Waals surface area (Å²) in [6.07, 6.45) is 9.59. The minimum Gasteiger partial charge on any atom is -0.355 e. The number of nitrogens with one attached hydrogen (secondary N) is 1. The van der Waals surface area contributed by atoms with Gasteiger partial charge in [0.2, 0.25) is 12.3 Å². The summed E-state index contributed by atoms with van der Waals surface area (Å²) >= 11 is 1.42. The van der Waals surface area contributed by atoms with E-state index in [1.807, 2.05) is 12.3 Å². The number of hydroxylamine groups is 2. The fraction of sp³-hybridized carbons (Fsp3) is 0.353. The third-order valence-electron chi connectivity index (χ3n) is 3.66. The molecule has 2 amide bonds. The quantitative estimate of drug-likeness (QED) is 0.385. The zero-order valence-electron chi connectivity index (χ0n) is 13.9.